The zero-order valence-electron chi connectivity index (χ0n) is 13.7. The lowest BCUT2D eigenvalue weighted by Crippen LogP contribution is -2.19. The number of amides is 1. The Morgan fingerprint density at radius 2 is 1.96 bits per heavy atom. The van der Waals surface area contributed by atoms with Gasteiger partial charge in [-0.25, -0.2) is 10.4 Å². The molecule has 1 amide bonds. The van der Waals surface area contributed by atoms with Crippen LogP contribution in [-0.4, -0.2) is 30.0 Å². The highest BCUT2D eigenvalue weighted by molar-refractivity contribution is 7.99. The Morgan fingerprint density at radius 1 is 1.16 bits per heavy atom. The molecule has 1 N–H and O–H groups in total. The fourth-order valence-electron chi connectivity index (χ4n) is 2.25. The Kier molecular flexibility index (Phi) is 5.64. The van der Waals surface area contributed by atoms with Crippen LogP contribution in [-0.2, 0) is 4.79 Å². The van der Waals surface area contributed by atoms with Crippen LogP contribution in [0.3, 0.4) is 0 Å². The molecule has 1 aromatic heterocycles. The number of hydrogen-bond acceptors (Lipinski definition) is 5. The van der Waals surface area contributed by atoms with Crippen molar-refractivity contribution in [2.75, 3.05) is 12.9 Å². The van der Waals surface area contributed by atoms with Gasteiger partial charge in [0.2, 0.25) is 5.91 Å². The molecule has 3 rings (SSSR count). The third-order valence-electron chi connectivity index (χ3n) is 3.46. The highest BCUT2D eigenvalue weighted by Crippen LogP contribution is 2.19. The van der Waals surface area contributed by atoms with Gasteiger partial charge in [0.15, 0.2) is 0 Å². The second-order valence-corrected chi connectivity index (χ2v) is 6.16. The Hall–Kier alpha value is -2.86. The molecule has 126 valence electrons. The predicted molar refractivity (Wildman–Crippen MR) is 101 cm³/mol. The normalized spacial score (nSPS) is 10.9. The molecule has 0 aliphatic rings. The van der Waals surface area contributed by atoms with E-state index >= 15 is 0 Å². The molecule has 0 fully saturated rings. The number of benzene rings is 2. The van der Waals surface area contributed by atoms with Gasteiger partial charge in [0.25, 0.3) is 0 Å². The number of carbonyl (C=O) groups excluding carboxylic acids is 1. The largest absolute Gasteiger partial charge is 0.496 e. The first-order valence-electron chi connectivity index (χ1n) is 7.70. The molecule has 0 aliphatic heterocycles. The molecule has 25 heavy (non-hydrogen) atoms. The third kappa shape index (κ3) is 4.58. The first-order chi connectivity index (χ1) is 12.3. The molecule has 0 saturated heterocycles. The number of para-hydroxylation sites is 2. The van der Waals surface area contributed by atoms with Crippen molar-refractivity contribution in [3.05, 3.63) is 66.2 Å². The second-order valence-electron chi connectivity index (χ2n) is 5.17. The SMILES string of the molecule is COc1ccccc1C=NNC(=O)CSc1ccc2ccccc2n1. The fraction of sp³-hybridized carbons (Fsp3) is 0.105. The molecule has 0 unspecified atom stereocenters. The Labute approximate surface area is 150 Å². The van der Waals surface area contributed by atoms with Crippen LogP contribution in [0.2, 0.25) is 0 Å². The van der Waals surface area contributed by atoms with E-state index in [1.807, 2.05) is 60.7 Å². The van der Waals surface area contributed by atoms with Crippen molar-refractivity contribution in [3.8, 4) is 5.75 Å². The molecule has 1 heterocycles. The monoisotopic (exact) mass is 351 g/mol. The van der Waals surface area contributed by atoms with E-state index in [2.05, 4.69) is 15.5 Å². The van der Waals surface area contributed by atoms with Crippen LogP contribution in [0.4, 0.5) is 0 Å². The number of nitrogens with zero attached hydrogens (tertiary/aromatic N) is 2. The fourth-order valence-corrected chi connectivity index (χ4v) is 2.92. The van der Waals surface area contributed by atoms with E-state index in [1.54, 1.807) is 13.3 Å². The third-order valence-corrected chi connectivity index (χ3v) is 4.39. The topological polar surface area (TPSA) is 63.6 Å². The summed E-state index contributed by atoms with van der Waals surface area (Å²) in [5.74, 6) is 0.760. The lowest BCUT2D eigenvalue weighted by atomic mass is 10.2. The zero-order valence-corrected chi connectivity index (χ0v) is 14.5. The van der Waals surface area contributed by atoms with Gasteiger partial charge in [-0.1, -0.05) is 48.2 Å². The quantitative estimate of drug-likeness (QED) is 0.419. The maximum atomic E-state index is 11.9. The van der Waals surface area contributed by atoms with Crippen LogP contribution >= 0.6 is 11.8 Å². The van der Waals surface area contributed by atoms with Crippen LogP contribution < -0.4 is 10.2 Å². The van der Waals surface area contributed by atoms with Crippen LogP contribution in [0.25, 0.3) is 10.9 Å². The summed E-state index contributed by atoms with van der Waals surface area (Å²) in [6.45, 7) is 0. The standard InChI is InChI=1S/C19H17N3O2S/c1-24-17-9-5-3-7-15(17)12-20-22-18(23)13-25-19-11-10-14-6-2-4-8-16(14)21-19/h2-12H,13H2,1H3,(H,22,23). The minimum absolute atomic E-state index is 0.189. The zero-order chi connectivity index (χ0) is 17.5. The molecule has 6 heteroatoms. The van der Waals surface area contributed by atoms with E-state index in [-0.39, 0.29) is 11.7 Å². The number of hydrogen-bond donors (Lipinski definition) is 1. The van der Waals surface area contributed by atoms with Gasteiger partial charge in [-0.3, -0.25) is 4.79 Å². The number of rotatable bonds is 6. The lowest BCUT2D eigenvalue weighted by molar-refractivity contribution is -0.118. The Morgan fingerprint density at radius 3 is 2.84 bits per heavy atom. The van der Waals surface area contributed by atoms with Crippen LogP contribution in [0, 0.1) is 0 Å². The first kappa shape index (κ1) is 17.0. The van der Waals surface area contributed by atoms with Gasteiger partial charge in [0.05, 0.1) is 29.6 Å². The van der Waals surface area contributed by atoms with Crippen molar-refractivity contribution in [1.82, 2.24) is 10.4 Å². The summed E-state index contributed by atoms with van der Waals surface area (Å²) in [7, 11) is 1.60. The number of ether oxygens (including phenoxy) is 1. The predicted octanol–water partition coefficient (Wildman–Crippen LogP) is 3.49. The summed E-state index contributed by atoms with van der Waals surface area (Å²) in [6, 6.07) is 19.3. The molecule has 5 nitrogen and oxygen atoms in total. The van der Waals surface area contributed by atoms with Gasteiger partial charge < -0.3 is 4.74 Å². The number of hydrazone groups is 1. The number of nitrogens with one attached hydrogen (secondary N) is 1. The average Bonchev–Trinajstić information content (AvgIpc) is 2.66. The Bertz CT molecular complexity index is 912. The van der Waals surface area contributed by atoms with Crippen molar-refractivity contribution in [1.29, 1.82) is 0 Å². The molecular formula is C19H17N3O2S. The summed E-state index contributed by atoms with van der Waals surface area (Å²) in [6.07, 6.45) is 1.57. The molecule has 0 spiro atoms. The van der Waals surface area contributed by atoms with Gasteiger partial charge in [-0.15, -0.1) is 0 Å². The molecule has 0 bridgehead atoms. The lowest BCUT2D eigenvalue weighted by Gasteiger charge is -2.04. The van der Waals surface area contributed by atoms with E-state index in [0.29, 0.717) is 5.75 Å². The summed E-state index contributed by atoms with van der Waals surface area (Å²) >= 11 is 1.38. The first-order valence-corrected chi connectivity index (χ1v) is 8.68. The van der Waals surface area contributed by atoms with E-state index < -0.39 is 0 Å². The van der Waals surface area contributed by atoms with Crippen molar-refractivity contribution < 1.29 is 9.53 Å². The van der Waals surface area contributed by atoms with Gasteiger partial charge in [0, 0.05) is 10.9 Å². The maximum absolute atomic E-state index is 11.9. The minimum Gasteiger partial charge on any atom is -0.496 e. The van der Waals surface area contributed by atoms with Crippen molar-refractivity contribution in [2.45, 2.75) is 5.03 Å². The molecule has 3 aromatic rings. The van der Waals surface area contributed by atoms with Gasteiger partial charge in [-0.05, 0) is 24.3 Å². The van der Waals surface area contributed by atoms with Gasteiger partial charge in [0.1, 0.15) is 5.75 Å². The average molecular weight is 351 g/mol. The van der Waals surface area contributed by atoms with Crippen LogP contribution in [0.5, 0.6) is 5.75 Å². The van der Waals surface area contributed by atoms with E-state index in [4.69, 9.17) is 4.74 Å². The number of pyridine rings is 1. The van der Waals surface area contributed by atoms with Gasteiger partial charge >= 0.3 is 0 Å². The minimum atomic E-state index is -0.189. The Balaban J connectivity index is 1.54. The number of methoxy groups -OCH3 is 1. The number of thioether (sulfide) groups is 1. The summed E-state index contributed by atoms with van der Waals surface area (Å²) in [5.41, 5.74) is 4.23. The van der Waals surface area contributed by atoms with Crippen molar-refractivity contribution in [3.63, 3.8) is 0 Å². The number of carbonyl (C=O) groups is 1. The maximum Gasteiger partial charge on any atom is 0.250 e. The van der Waals surface area contributed by atoms with Crippen LogP contribution in [0.1, 0.15) is 5.56 Å². The van der Waals surface area contributed by atoms with E-state index in [1.165, 1.54) is 11.8 Å². The molecular weight excluding hydrogens is 334 g/mol. The second kappa shape index (κ2) is 8.30. The number of aromatic nitrogens is 1. The summed E-state index contributed by atoms with van der Waals surface area (Å²) in [4.78, 5) is 16.4. The van der Waals surface area contributed by atoms with E-state index in [0.717, 1.165) is 21.5 Å². The molecule has 0 saturated carbocycles. The van der Waals surface area contributed by atoms with Crippen molar-refractivity contribution in [2.24, 2.45) is 5.10 Å². The van der Waals surface area contributed by atoms with E-state index in [9.17, 15) is 4.79 Å². The highest BCUT2D eigenvalue weighted by atomic mass is 32.2. The molecule has 0 aliphatic carbocycles. The van der Waals surface area contributed by atoms with Crippen molar-refractivity contribution >= 4 is 34.8 Å². The molecule has 2 aromatic carbocycles. The summed E-state index contributed by atoms with van der Waals surface area (Å²) < 4.78 is 5.23. The number of fused-ring (bicyclic) bond motifs is 1. The van der Waals surface area contributed by atoms with Crippen LogP contribution in [0.15, 0.2) is 70.8 Å². The smallest absolute Gasteiger partial charge is 0.250 e. The van der Waals surface area contributed by atoms with Gasteiger partial charge in [-0.2, -0.15) is 5.10 Å². The molecule has 0 atom stereocenters. The molecule has 0 radical (unpaired) electrons. The highest BCUT2D eigenvalue weighted by Gasteiger charge is 2.04. The summed E-state index contributed by atoms with van der Waals surface area (Å²) in [5, 5.41) is 5.86.